The summed E-state index contributed by atoms with van der Waals surface area (Å²) in [7, 11) is 1.52. The number of anilines is 1. The molecule has 1 aromatic heterocycles. The van der Waals surface area contributed by atoms with Crippen LogP contribution in [0, 0.1) is 0 Å². The molecule has 17 heavy (non-hydrogen) atoms. The number of amides is 1. The van der Waals surface area contributed by atoms with Crippen LogP contribution in [0.3, 0.4) is 0 Å². The molecule has 0 aliphatic heterocycles. The van der Waals surface area contributed by atoms with Gasteiger partial charge >= 0.3 is 0 Å². The molecule has 6 nitrogen and oxygen atoms in total. The van der Waals surface area contributed by atoms with E-state index >= 15 is 0 Å². The molecular formula is C11H17N3O3. The van der Waals surface area contributed by atoms with Gasteiger partial charge < -0.3 is 20.8 Å². The Hall–Kier alpha value is -1.66. The molecule has 0 atom stereocenters. The fraction of sp³-hybridized carbons (Fsp3) is 0.455. The Labute approximate surface area is 99.7 Å². The highest BCUT2D eigenvalue weighted by Crippen LogP contribution is 2.15. The molecule has 1 heterocycles. The highest BCUT2D eigenvalue weighted by atomic mass is 16.3. The number of hydrogen-bond donors (Lipinski definition) is 4. The number of pyridine rings is 1. The van der Waals surface area contributed by atoms with Crippen LogP contribution in [0.5, 0.6) is 0 Å². The van der Waals surface area contributed by atoms with Crippen LogP contribution in [0.2, 0.25) is 0 Å². The molecule has 0 saturated carbocycles. The van der Waals surface area contributed by atoms with Gasteiger partial charge in [-0.3, -0.25) is 9.78 Å². The van der Waals surface area contributed by atoms with Crippen LogP contribution in [-0.4, -0.2) is 46.9 Å². The molecule has 1 aromatic rings. The molecule has 0 bridgehead atoms. The molecule has 0 radical (unpaired) electrons. The topological polar surface area (TPSA) is 94.5 Å². The van der Waals surface area contributed by atoms with Gasteiger partial charge in [0, 0.05) is 18.9 Å². The van der Waals surface area contributed by atoms with Gasteiger partial charge in [0.15, 0.2) is 0 Å². The summed E-state index contributed by atoms with van der Waals surface area (Å²) in [6.45, 7) is 1.23. The first-order chi connectivity index (χ1) is 8.04. The van der Waals surface area contributed by atoms with E-state index in [1.165, 1.54) is 13.2 Å². The van der Waals surface area contributed by atoms with Crippen molar-refractivity contribution >= 4 is 11.6 Å². The maximum Gasteiger partial charge on any atom is 0.269 e. The smallest absolute Gasteiger partial charge is 0.269 e. The number of carbonyl (C=O) groups excluding carboxylic acids is 1. The van der Waals surface area contributed by atoms with Crippen molar-refractivity contribution in [1.29, 1.82) is 0 Å². The van der Waals surface area contributed by atoms with Crippen LogP contribution in [0.1, 0.15) is 17.4 Å². The molecule has 6 heteroatoms. The molecule has 0 aromatic carbocycles. The van der Waals surface area contributed by atoms with Crippen LogP contribution in [0.25, 0.3) is 0 Å². The van der Waals surface area contributed by atoms with Gasteiger partial charge in [-0.2, -0.15) is 0 Å². The van der Waals surface area contributed by atoms with E-state index in [0.29, 0.717) is 5.69 Å². The van der Waals surface area contributed by atoms with Gasteiger partial charge in [0.2, 0.25) is 0 Å². The van der Waals surface area contributed by atoms with Gasteiger partial charge in [0.25, 0.3) is 5.91 Å². The molecular weight excluding hydrogens is 222 g/mol. The van der Waals surface area contributed by atoms with Gasteiger partial charge in [-0.15, -0.1) is 0 Å². The lowest BCUT2D eigenvalue weighted by Gasteiger charge is -2.27. The van der Waals surface area contributed by atoms with Gasteiger partial charge in [0.05, 0.1) is 18.8 Å². The lowest BCUT2D eigenvalue weighted by Crippen LogP contribution is -2.42. The second kappa shape index (κ2) is 5.60. The first-order valence-electron chi connectivity index (χ1n) is 5.22. The maximum atomic E-state index is 11.4. The molecule has 94 valence electrons. The number of carbonyl (C=O) groups is 1. The van der Waals surface area contributed by atoms with E-state index < -0.39 is 5.54 Å². The summed E-state index contributed by atoms with van der Waals surface area (Å²) in [5, 5.41) is 23.7. The minimum Gasteiger partial charge on any atom is -0.394 e. The lowest BCUT2D eigenvalue weighted by atomic mass is 10.1. The Morgan fingerprint density at radius 2 is 2.12 bits per heavy atom. The van der Waals surface area contributed by atoms with Crippen molar-refractivity contribution in [2.45, 2.75) is 12.5 Å². The van der Waals surface area contributed by atoms with Crippen LogP contribution in [-0.2, 0) is 0 Å². The molecule has 1 rings (SSSR count). The number of aliphatic hydroxyl groups is 2. The van der Waals surface area contributed by atoms with Crippen LogP contribution in [0.15, 0.2) is 18.3 Å². The first-order valence-corrected chi connectivity index (χ1v) is 5.22. The summed E-state index contributed by atoms with van der Waals surface area (Å²) < 4.78 is 0. The second-order valence-corrected chi connectivity index (χ2v) is 4.01. The number of rotatable bonds is 5. The van der Waals surface area contributed by atoms with Crippen molar-refractivity contribution in [2.24, 2.45) is 0 Å². The van der Waals surface area contributed by atoms with Gasteiger partial charge in [-0.1, -0.05) is 0 Å². The highest BCUT2D eigenvalue weighted by molar-refractivity contribution is 5.92. The van der Waals surface area contributed by atoms with Gasteiger partial charge in [-0.05, 0) is 19.1 Å². The van der Waals surface area contributed by atoms with E-state index in [4.69, 9.17) is 10.2 Å². The predicted molar refractivity (Wildman–Crippen MR) is 63.8 cm³/mol. The zero-order chi connectivity index (χ0) is 12.9. The van der Waals surface area contributed by atoms with E-state index in [0.717, 1.165) is 0 Å². The monoisotopic (exact) mass is 239 g/mol. The predicted octanol–water partition coefficient (Wildman–Crippen LogP) is -0.404. The van der Waals surface area contributed by atoms with E-state index in [-0.39, 0.29) is 24.8 Å². The fourth-order valence-electron chi connectivity index (χ4n) is 1.24. The highest BCUT2D eigenvalue weighted by Gasteiger charge is 2.22. The second-order valence-electron chi connectivity index (χ2n) is 4.01. The molecule has 0 fully saturated rings. The molecule has 0 unspecified atom stereocenters. The summed E-state index contributed by atoms with van der Waals surface area (Å²) in [6, 6.07) is 3.22. The number of aromatic nitrogens is 1. The number of nitrogens with zero attached hydrogens (tertiary/aromatic N) is 1. The van der Waals surface area contributed by atoms with Crippen molar-refractivity contribution in [3.63, 3.8) is 0 Å². The van der Waals surface area contributed by atoms with Crippen LogP contribution >= 0.6 is 0 Å². The van der Waals surface area contributed by atoms with Crippen LogP contribution in [0.4, 0.5) is 5.69 Å². The quantitative estimate of drug-likeness (QED) is 0.560. The standard InChI is InChI=1S/C11H17N3O3/c1-11(6-15,7-16)14-8-3-4-13-9(5-8)10(17)12-2/h3-5,15-16H,6-7H2,1-2H3,(H,12,17)(H,13,14). The minimum absolute atomic E-state index is 0.221. The third-order valence-electron chi connectivity index (χ3n) is 2.36. The minimum atomic E-state index is -0.832. The Balaban J connectivity index is 2.89. The SMILES string of the molecule is CNC(=O)c1cc(NC(C)(CO)CO)ccn1. The van der Waals surface area contributed by atoms with Crippen molar-refractivity contribution in [3.05, 3.63) is 24.0 Å². The summed E-state index contributed by atoms with van der Waals surface area (Å²) in [6.07, 6.45) is 1.49. The molecule has 4 N–H and O–H groups in total. The molecule has 0 aliphatic carbocycles. The van der Waals surface area contributed by atoms with Gasteiger partial charge in [-0.25, -0.2) is 0 Å². The Kier molecular flexibility index (Phi) is 4.42. The molecule has 0 saturated heterocycles. The maximum absolute atomic E-state index is 11.4. The molecule has 1 amide bonds. The molecule has 0 aliphatic rings. The van der Waals surface area contributed by atoms with Crippen molar-refractivity contribution in [3.8, 4) is 0 Å². The Morgan fingerprint density at radius 3 is 2.65 bits per heavy atom. The van der Waals surface area contributed by atoms with Crippen molar-refractivity contribution < 1.29 is 15.0 Å². The Morgan fingerprint density at radius 1 is 1.47 bits per heavy atom. The first kappa shape index (κ1) is 13.4. The zero-order valence-corrected chi connectivity index (χ0v) is 9.90. The summed E-state index contributed by atoms with van der Waals surface area (Å²) in [5.74, 6) is -0.289. The third-order valence-corrected chi connectivity index (χ3v) is 2.36. The zero-order valence-electron chi connectivity index (χ0n) is 9.90. The fourth-order valence-corrected chi connectivity index (χ4v) is 1.24. The third kappa shape index (κ3) is 3.40. The largest absolute Gasteiger partial charge is 0.394 e. The number of nitrogens with one attached hydrogen (secondary N) is 2. The van der Waals surface area contributed by atoms with Crippen molar-refractivity contribution in [2.75, 3.05) is 25.6 Å². The number of aliphatic hydroxyl groups excluding tert-OH is 2. The normalized spacial score (nSPS) is 11.1. The lowest BCUT2D eigenvalue weighted by molar-refractivity contribution is 0.0958. The Bertz CT molecular complexity index is 391. The number of hydrogen-bond acceptors (Lipinski definition) is 5. The summed E-state index contributed by atoms with van der Waals surface area (Å²) >= 11 is 0. The average Bonchev–Trinajstić information content (AvgIpc) is 2.38. The van der Waals surface area contributed by atoms with E-state index in [9.17, 15) is 4.79 Å². The van der Waals surface area contributed by atoms with E-state index in [1.807, 2.05) is 0 Å². The summed E-state index contributed by atoms with van der Waals surface area (Å²) in [4.78, 5) is 15.3. The van der Waals surface area contributed by atoms with Crippen molar-refractivity contribution in [1.82, 2.24) is 10.3 Å². The molecule has 0 spiro atoms. The van der Waals surface area contributed by atoms with Crippen LogP contribution < -0.4 is 10.6 Å². The summed E-state index contributed by atoms with van der Waals surface area (Å²) in [5.41, 5.74) is 0.0568. The van der Waals surface area contributed by atoms with Gasteiger partial charge in [0.1, 0.15) is 5.69 Å². The van der Waals surface area contributed by atoms with E-state index in [2.05, 4.69) is 15.6 Å². The van der Waals surface area contributed by atoms with E-state index in [1.54, 1.807) is 19.1 Å². The average molecular weight is 239 g/mol.